The Morgan fingerprint density at radius 2 is 0.900 bits per heavy atom. The third kappa shape index (κ3) is 4.67. The number of rotatable bonds is 7. The van der Waals surface area contributed by atoms with Crippen molar-refractivity contribution in [1.82, 2.24) is 4.31 Å². The molecule has 0 aliphatic carbocycles. The summed E-state index contributed by atoms with van der Waals surface area (Å²) in [7, 11) is -3.66. The molecule has 0 aliphatic rings. The van der Waals surface area contributed by atoms with E-state index in [2.05, 4.69) is 0 Å². The Morgan fingerprint density at radius 3 is 1.37 bits per heavy atom. The number of benzene rings is 4. The van der Waals surface area contributed by atoms with Crippen LogP contribution in [0.15, 0.2) is 120 Å². The second kappa shape index (κ2) is 9.08. The molecule has 4 aromatic carbocycles. The fraction of sp³-hybridized carbons (Fsp3) is 0.0769. The molecule has 0 unspecified atom stereocenters. The lowest BCUT2D eigenvalue weighted by atomic mass is 10.1. The Morgan fingerprint density at radius 1 is 0.500 bits per heavy atom. The van der Waals surface area contributed by atoms with Gasteiger partial charge in [-0.2, -0.15) is 4.31 Å². The lowest BCUT2D eigenvalue weighted by Crippen LogP contribution is -2.30. The monoisotopic (exact) mass is 413 g/mol. The van der Waals surface area contributed by atoms with E-state index >= 15 is 0 Å². The maximum atomic E-state index is 13.5. The number of hydrogen-bond acceptors (Lipinski definition) is 2. The average molecular weight is 414 g/mol. The number of hydrogen-bond donors (Lipinski definition) is 0. The Labute approximate surface area is 178 Å². The molecule has 0 bridgehead atoms. The van der Waals surface area contributed by atoms with Gasteiger partial charge in [-0.1, -0.05) is 103 Å². The van der Waals surface area contributed by atoms with Crippen LogP contribution in [0.3, 0.4) is 0 Å². The van der Waals surface area contributed by atoms with Gasteiger partial charge in [-0.05, 0) is 34.4 Å². The second-order valence-electron chi connectivity index (χ2n) is 7.13. The first-order valence-electron chi connectivity index (χ1n) is 9.86. The summed E-state index contributed by atoms with van der Waals surface area (Å²) in [5, 5.41) is 0. The third-order valence-corrected chi connectivity index (χ3v) is 6.81. The van der Waals surface area contributed by atoms with Crippen LogP contribution in [0.4, 0.5) is 0 Å². The lowest BCUT2D eigenvalue weighted by Gasteiger charge is -2.23. The largest absolute Gasteiger partial charge is 0.243 e. The summed E-state index contributed by atoms with van der Waals surface area (Å²) in [6.07, 6.45) is 0. The van der Waals surface area contributed by atoms with Gasteiger partial charge in [0, 0.05) is 13.1 Å². The summed E-state index contributed by atoms with van der Waals surface area (Å²) in [6, 6.07) is 36.4. The van der Waals surface area contributed by atoms with E-state index in [1.165, 1.54) is 4.31 Å². The Bertz CT molecular complexity index is 1130. The summed E-state index contributed by atoms with van der Waals surface area (Å²) in [5.74, 6) is 0. The van der Waals surface area contributed by atoms with Gasteiger partial charge in [-0.3, -0.25) is 0 Å². The van der Waals surface area contributed by atoms with Crippen molar-refractivity contribution in [3.63, 3.8) is 0 Å². The van der Waals surface area contributed by atoms with Crippen LogP contribution in [0.2, 0.25) is 0 Å². The first-order chi connectivity index (χ1) is 14.6. The fourth-order valence-corrected chi connectivity index (χ4v) is 4.82. The minimum absolute atomic E-state index is 0.300. The van der Waals surface area contributed by atoms with Crippen LogP contribution in [-0.4, -0.2) is 12.7 Å². The zero-order chi connectivity index (χ0) is 20.8. The number of sulfonamides is 1. The zero-order valence-electron chi connectivity index (χ0n) is 16.6. The van der Waals surface area contributed by atoms with Crippen LogP contribution in [0, 0.1) is 0 Å². The highest BCUT2D eigenvalue weighted by molar-refractivity contribution is 7.89. The van der Waals surface area contributed by atoms with Gasteiger partial charge in [-0.15, -0.1) is 0 Å². The Hall–Kier alpha value is -3.21. The van der Waals surface area contributed by atoms with Crippen molar-refractivity contribution < 1.29 is 8.42 Å². The molecule has 0 atom stereocenters. The summed E-state index contributed by atoms with van der Waals surface area (Å²) >= 11 is 0. The molecule has 0 aliphatic heterocycles. The molecule has 150 valence electrons. The van der Waals surface area contributed by atoms with E-state index < -0.39 is 10.0 Å². The molecule has 0 saturated carbocycles. The molecule has 0 aromatic heterocycles. The maximum Gasteiger partial charge on any atom is 0.243 e. The lowest BCUT2D eigenvalue weighted by molar-refractivity contribution is 0.401. The van der Waals surface area contributed by atoms with E-state index in [4.69, 9.17) is 0 Å². The summed E-state index contributed by atoms with van der Waals surface area (Å²) < 4.78 is 28.6. The van der Waals surface area contributed by atoms with Crippen LogP contribution in [0.5, 0.6) is 0 Å². The molecule has 0 fully saturated rings. The van der Waals surface area contributed by atoms with Gasteiger partial charge in [0.1, 0.15) is 0 Å². The predicted molar refractivity (Wildman–Crippen MR) is 121 cm³/mol. The van der Waals surface area contributed by atoms with Gasteiger partial charge in [-0.25, -0.2) is 8.42 Å². The van der Waals surface area contributed by atoms with Gasteiger partial charge in [0.05, 0.1) is 4.90 Å². The van der Waals surface area contributed by atoms with Gasteiger partial charge < -0.3 is 0 Å². The molecule has 4 aromatic rings. The molecular weight excluding hydrogens is 390 g/mol. The van der Waals surface area contributed by atoms with Crippen molar-refractivity contribution >= 4 is 10.0 Å². The quantitative estimate of drug-likeness (QED) is 0.387. The van der Waals surface area contributed by atoms with E-state index in [9.17, 15) is 8.42 Å². The highest BCUT2D eigenvalue weighted by atomic mass is 32.2. The molecule has 0 radical (unpaired) electrons. The van der Waals surface area contributed by atoms with Crippen molar-refractivity contribution in [3.05, 3.63) is 126 Å². The Kier molecular flexibility index (Phi) is 6.07. The standard InChI is InChI=1S/C26H23NO2S/c28-30(29,26-18-16-25(17-19-26)24-14-8-3-9-15-24)27(20-22-10-4-1-5-11-22)21-23-12-6-2-7-13-23/h1-19H,20-21H2. The van der Waals surface area contributed by atoms with Gasteiger partial charge in [0.15, 0.2) is 0 Å². The van der Waals surface area contributed by atoms with Gasteiger partial charge in [0.25, 0.3) is 0 Å². The second-order valence-corrected chi connectivity index (χ2v) is 9.07. The minimum Gasteiger partial charge on any atom is -0.207 e. The third-order valence-electron chi connectivity index (χ3n) is 5.00. The van der Waals surface area contributed by atoms with E-state index in [-0.39, 0.29) is 0 Å². The highest BCUT2D eigenvalue weighted by Gasteiger charge is 2.25. The van der Waals surface area contributed by atoms with E-state index in [0.29, 0.717) is 18.0 Å². The summed E-state index contributed by atoms with van der Waals surface area (Å²) in [6.45, 7) is 0.636. The van der Waals surface area contributed by atoms with Crippen LogP contribution in [0.1, 0.15) is 11.1 Å². The molecule has 0 amide bonds. The normalized spacial score (nSPS) is 11.5. The van der Waals surface area contributed by atoms with Crippen LogP contribution in [-0.2, 0) is 23.1 Å². The molecule has 3 nitrogen and oxygen atoms in total. The molecular formula is C26H23NO2S. The highest BCUT2D eigenvalue weighted by Crippen LogP contribution is 2.25. The SMILES string of the molecule is O=S(=O)(c1ccc(-c2ccccc2)cc1)N(Cc1ccccc1)Cc1ccccc1. The van der Waals surface area contributed by atoms with Crippen molar-refractivity contribution in [3.8, 4) is 11.1 Å². The average Bonchev–Trinajstić information content (AvgIpc) is 2.81. The molecule has 30 heavy (non-hydrogen) atoms. The van der Waals surface area contributed by atoms with E-state index in [0.717, 1.165) is 22.3 Å². The van der Waals surface area contributed by atoms with Crippen molar-refractivity contribution in [2.45, 2.75) is 18.0 Å². The van der Waals surface area contributed by atoms with Gasteiger partial charge in [0.2, 0.25) is 10.0 Å². The van der Waals surface area contributed by atoms with Crippen LogP contribution in [0.25, 0.3) is 11.1 Å². The molecule has 0 N–H and O–H groups in total. The molecule has 4 rings (SSSR count). The van der Waals surface area contributed by atoms with Crippen molar-refractivity contribution in [2.75, 3.05) is 0 Å². The predicted octanol–water partition coefficient (Wildman–Crippen LogP) is 5.74. The van der Waals surface area contributed by atoms with Crippen molar-refractivity contribution in [2.24, 2.45) is 0 Å². The van der Waals surface area contributed by atoms with Crippen LogP contribution >= 0.6 is 0 Å². The first-order valence-corrected chi connectivity index (χ1v) is 11.3. The van der Waals surface area contributed by atoms with Gasteiger partial charge >= 0.3 is 0 Å². The zero-order valence-corrected chi connectivity index (χ0v) is 17.4. The van der Waals surface area contributed by atoms with Crippen LogP contribution < -0.4 is 0 Å². The minimum atomic E-state index is -3.66. The smallest absolute Gasteiger partial charge is 0.207 e. The first kappa shape index (κ1) is 20.1. The summed E-state index contributed by atoms with van der Waals surface area (Å²) in [5.41, 5.74) is 3.97. The summed E-state index contributed by atoms with van der Waals surface area (Å²) in [4.78, 5) is 0.300. The van der Waals surface area contributed by atoms with E-state index in [1.807, 2.05) is 103 Å². The topological polar surface area (TPSA) is 37.4 Å². The fourth-order valence-electron chi connectivity index (χ4n) is 3.40. The Balaban J connectivity index is 1.65. The molecule has 0 heterocycles. The van der Waals surface area contributed by atoms with E-state index in [1.54, 1.807) is 12.1 Å². The maximum absolute atomic E-state index is 13.5. The van der Waals surface area contributed by atoms with Crippen molar-refractivity contribution in [1.29, 1.82) is 0 Å². The molecule has 0 saturated heterocycles. The number of nitrogens with zero attached hydrogens (tertiary/aromatic N) is 1. The molecule has 4 heteroatoms. The molecule has 0 spiro atoms.